The molecule has 1 heteroatoms. The van der Waals surface area contributed by atoms with Crippen LogP contribution < -0.4 is 0 Å². The Labute approximate surface area is 175 Å². The van der Waals surface area contributed by atoms with Crippen LogP contribution in [0.1, 0.15) is 83.1 Å². The molecular formula is C23H35Y+2. The van der Waals surface area contributed by atoms with Gasteiger partial charge in [0.15, 0.2) is 0 Å². The Kier molecular flexibility index (Phi) is 9.56. The van der Waals surface area contributed by atoms with Crippen LogP contribution in [0.4, 0.5) is 0 Å². The molecule has 0 N–H and O–H groups in total. The smallest absolute Gasteiger partial charge is 0.184 e. The van der Waals surface area contributed by atoms with Crippen molar-refractivity contribution in [3.63, 3.8) is 0 Å². The summed E-state index contributed by atoms with van der Waals surface area (Å²) < 4.78 is 0. The van der Waals surface area contributed by atoms with Crippen LogP contribution >= 0.6 is 0 Å². The molecule has 3 rings (SSSR count). The molecule has 128 valence electrons. The minimum Gasteiger partial charge on any atom is -0.184 e. The molecule has 0 nitrogen and oxygen atoms in total. The van der Waals surface area contributed by atoms with E-state index in [0.29, 0.717) is 0 Å². The fourth-order valence-corrected chi connectivity index (χ4v) is 5.06. The summed E-state index contributed by atoms with van der Waals surface area (Å²) in [5.74, 6) is 4.21. The second kappa shape index (κ2) is 11.1. The van der Waals surface area contributed by atoms with Gasteiger partial charge in [-0.05, 0) is 49.4 Å². The predicted octanol–water partition coefficient (Wildman–Crippen LogP) is 6.83. The van der Waals surface area contributed by atoms with Gasteiger partial charge in [-0.15, -0.1) is 0 Å². The van der Waals surface area contributed by atoms with Gasteiger partial charge in [0.25, 0.3) is 0 Å². The first-order chi connectivity index (χ1) is 11.3. The predicted molar refractivity (Wildman–Crippen MR) is 99.4 cm³/mol. The van der Waals surface area contributed by atoms with Gasteiger partial charge in [-0.1, -0.05) is 58.3 Å². The van der Waals surface area contributed by atoms with E-state index in [4.69, 9.17) is 0 Å². The van der Waals surface area contributed by atoms with Crippen molar-refractivity contribution in [2.24, 2.45) is 23.7 Å². The molecule has 0 saturated heterocycles. The summed E-state index contributed by atoms with van der Waals surface area (Å²) in [5, 5.41) is 0. The SMILES string of the molecule is CC1CCC(C2CCC(CCCCc3cc[c-]cc3)CC2)CC1.[Y+3]. The minimum atomic E-state index is 0. The molecule has 2 saturated carbocycles. The van der Waals surface area contributed by atoms with Crippen LogP contribution in [-0.4, -0.2) is 0 Å². The maximum atomic E-state index is 3.11. The summed E-state index contributed by atoms with van der Waals surface area (Å²) in [5.41, 5.74) is 1.49. The first kappa shape index (κ1) is 20.6. The van der Waals surface area contributed by atoms with Gasteiger partial charge in [0.1, 0.15) is 0 Å². The zero-order valence-corrected chi connectivity index (χ0v) is 18.5. The summed E-state index contributed by atoms with van der Waals surface area (Å²) in [4.78, 5) is 0. The Morgan fingerprint density at radius 3 is 2.04 bits per heavy atom. The zero-order chi connectivity index (χ0) is 15.9. The molecule has 0 spiro atoms. The molecular weight excluding hydrogens is 365 g/mol. The average Bonchev–Trinajstić information content (AvgIpc) is 2.61. The van der Waals surface area contributed by atoms with Gasteiger partial charge in [-0.2, -0.15) is 35.9 Å². The van der Waals surface area contributed by atoms with E-state index in [1.165, 1.54) is 82.6 Å². The molecule has 1 aromatic rings. The molecule has 0 unspecified atom stereocenters. The monoisotopic (exact) mass is 400 g/mol. The number of aryl methyl sites for hydroxylation is 1. The van der Waals surface area contributed by atoms with Gasteiger partial charge in [-0.3, -0.25) is 0 Å². The fourth-order valence-electron chi connectivity index (χ4n) is 5.06. The third kappa shape index (κ3) is 6.56. The van der Waals surface area contributed by atoms with Crippen LogP contribution in [0.5, 0.6) is 0 Å². The number of unbranched alkanes of at least 4 members (excludes halogenated alkanes) is 1. The number of hydrogen-bond acceptors (Lipinski definition) is 0. The standard InChI is InChI=1S/C23H35.Y/c1-19-11-15-22(16-12-19)23-17-13-21(14-18-23)10-6-5-9-20-7-3-2-4-8-20;/h3-4,7-8,19,21-23H,5-6,9-18H2,1H3;/q-1;+3. The van der Waals surface area contributed by atoms with Gasteiger partial charge in [0.2, 0.25) is 0 Å². The average molecular weight is 400 g/mol. The van der Waals surface area contributed by atoms with E-state index in [1.54, 1.807) is 0 Å². The van der Waals surface area contributed by atoms with Crippen LogP contribution in [0.25, 0.3) is 0 Å². The van der Waals surface area contributed by atoms with Crippen LogP contribution in [-0.2, 0) is 39.1 Å². The van der Waals surface area contributed by atoms with Gasteiger partial charge in [0, 0.05) is 0 Å². The number of hydrogen-bond donors (Lipinski definition) is 0. The van der Waals surface area contributed by atoms with Crippen molar-refractivity contribution in [2.75, 3.05) is 0 Å². The second-order valence-electron chi connectivity index (χ2n) is 8.45. The molecule has 0 bridgehead atoms. The van der Waals surface area contributed by atoms with Crippen LogP contribution in [0.3, 0.4) is 0 Å². The van der Waals surface area contributed by atoms with E-state index < -0.39 is 0 Å². The molecule has 2 aliphatic carbocycles. The zero-order valence-electron chi connectivity index (χ0n) is 15.7. The molecule has 24 heavy (non-hydrogen) atoms. The number of rotatable bonds is 6. The fraction of sp³-hybridized carbons (Fsp3) is 0.739. The third-order valence-electron chi connectivity index (χ3n) is 6.73. The first-order valence-electron chi connectivity index (χ1n) is 10.3. The van der Waals surface area contributed by atoms with Crippen LogP contribution in [0.2, 0.25) is 0 Å². The van der Waals surface area contributed by atoms with Crippen molar-refractivity contribution < 1.29 is 32.7 Å². The Bertz CT molecular complexity index is 425. The van der Waals surface area contributed by atoms with Gasteiger partial charge in [0.05, 0.1) is 0 Å². The minimum absolute atomic E-state index is 0. The summed E-state index contributed by atoms with van der Waals surface area (Å²) in [6.07, 6.45) is 17.7. The molecule has 2 aliphatic rings. The van der Waals surface area contributed by atoms with E-state index in [2.05, 4.69) is 25.1 Å². The van der Waals surface area contributed by atoms with E-state index in [0.717, 1.165) is 23.7 Å². The first-order valence-corrected chi connectivity index (χ1v) is 10.3. The topological polar surface area (TPSA) is 0 Å². The van der Waals surface area contributed by atoms with Crippen LogP contribution in [0.15, 0.2) is 24.3 Å². The summed E-state index contributed by atoms with van der Waals surface area (Å²) in [6.45, 7) is 2.45. The molecule has 0 aliphatic heterocycles. The second-order valence-corrected chi connectivity index (χ2v) is 8.45. The molecule has 1 aromatic carbocycles. The Morgan fingerprint density at radius 1 is 0.833 bits per heavy atom. The molecule has 0 aromatic heterocycles. The summed E-state index contributed by atoms with van der Waals surface area (Å²) in [6, 6.07) is 11.6. The van der Waals surface area contributed by atoms with Gasteiger partial charge < -0.3 is 0 Å². The molecule has 0 atom stereocenters. The Hall–Kier alpha value is 0.324. The normalized spacial score (nSPS) is 30.5. The van der Waals surface area contributed by atoms with Crippen LogP contribution in [0, 0.1) is 29.7 Å². The van der Waals surface area contributed by atoms with Crippen molar-refractivity contribution in [3.8, 4) is 0 Å². The van der Waals surface area contributed by atoms with Gasteiger partial charge in [-0.25, -0.2) is 0 Å². The quantitative estimate of drug-likeness (QED) is 0.363. The molecule has 0 radical (unpaired) electrons. The van der Waals surface area contributed by atoms with Crippen molar-refractivity contribution in [1.82, 2.24) is 0 Å². The molecule has 0 heterocycles. The summed E-state index contributed by atoms with van der Waals surface area (Å²) >= 11 is 0. The molecule has 2 fully saturated rings. The Morgan fingerprint density at radius 2 is 1.42 bits per heavy atom. The third-order valence-corrected chi connectivity index (χ3v) is 6.73. The summed E-state index contributed by atoms with van der Waals surface area (Å²) in [7, 11) is 0. The Balaban J connectivity index is 0.00000208. The van der Waals surface area contributed by atoms with Crippen molar-refractivity contribution in [2.45, 2.75) is 84.0 Å². The van der Waals surface area contributed by atoms with Crippen molar-refractivity contribution in [1.29, 1.82) is 0 Å². The maximum Gasteiger partial charge on any atom is 3.00 e. The van der Waals surface area contributed by atoms with Gasteiger partial charge >= 0.3 is 32.7 Å². The largest absolute Gasteiger partial charge is 3.00 e. The van der Waals surface area contributed by atoms with E-state index in [1.807, 2.05) is 12.1 Å². The van der Waals surface area contributed by atoms with E-state index >= 15 is 0 Å². The maximum absolute atomic E-state index is 3.11. The number of benzene rings is 1. The van der Waals surface area contributed by atoms with E-state index in [-0.39, 0.29) is 32.7 Å². The van der Waals surface area contributed by atoms with Crippen molar-refractivity contribution in [3.05, 3.63) is 35.9 Å². The van der Waals surface area contributed by atoms with Crippen molar-refractivity contribution >= 4 is 0 Å². The van der Waals surface area contributed by atoms with E-state index in [9.17, 15) is 0 Å². The molecule has 0 amide bonds.